The molecule has 0 aromatic heterocycles. The normalized spacial score (nSPS) is 15.0. The second-order valence-corrected chi connectivity index (χ2v) is 5.39. The quantitative estimate of drug-likeness (QED) is 0.520. The summed E-state index contributed by atoms with van der Waals surface area (Å²) in [5.41, 5.74) is 4.07. The van der Waals surface area contributed by atoms with E-state index in [0.29, 0.717) is 24.3 Å². The van der Waals surface area contributed by atoms with Crippen molar-refractivity contribution in [3.05, 3.63) is 12.0 Å². The smallest absolute Gasteiger partial charge is 0.189 e. The van der Waals surface area contributed by atoms with Gasteiger partial charge in [0.2, 0.25) is 0 Å². The highest BCUT2D eigenvalue weighted by Gasteiger charge is 2.08. The minimum Gasteiger partial charge on any atom is -0.495 e. The third-order valence-corrected chi connectivity index (χ3v) is 2.40. The maximum Gasteiger partial charge on any atom is 0.189 e. The second-order valence-electron chi connectivity index (χ2n) is 5.39. The number of hydrazone groups is 1. The van der Waals surface area contributed by atoms with Gasteiger partial charge in [0.05, 0.1) is 0 Å². The first kappa shape index (κ1) is 14.5. The van der Waals surface area contributed by atoms with Gasteiger partial charge in [-0.2, -0.15) is 5.10 Å². The van der Waals surface area contributed by atoms with Gasteiger partial charge < -0.3 is 10.4 Å². The van der Waals surface area contributed by atoms with Crippen LogP contribution in [0, 0.1) is 11.8 Å². The fourth-order valence-electron chi connectivity index (χ4n) is 1.75. The molecule has 0 fully saturated rings. The number of aliphatic hydroxyl groups is 1. The van der Waals surface area contributed by atoms with Crippen molar-refractivity contribution in [3.63, 3.8) is 0 Å². The molecule has 0 unspecified atom stereocenters. The predicted molar refractivity (Wildman–Crippen MR) is 75.6 cm³/mol. The van der Waals surface area contributed by atoms with E-state index < -0.39 is 0 Å². The standard InChI is InChI=1S/C13H24N4O/c1-9(2)5-11(6-10(3)4)16-17-12-7-13(18)15-8-14-12/h7,9-10,15,18H,5-6,8H2,1-4H3,(H,14,17). The van der Waals surface area contributed by atoms with Crippen molar-refractivity contribution in [1.82, 2.24) is 10.7 Å². The zero-order valence-corrected chi connectivity index (χ0v) is 11.7. The molecule has 0 amide bonds. The van der Waals surface area contributed by atoms with Gasteiger partial charge in [0.1, 0.15) is 12.5 Å². The van der Waals surface area contributed by atoms with E-state index in [-0.39, 0.29) is 5.88 Å². The lowest BCUT2D eigenvalue weighted by Crippen LogP contribution is -2.27. The maximum absolute atomic E-state index is 9.32. The molecular formula is C13H24N4O. The molecule has 0 atom stereocenters. The van der Waals surface area contributed by atoms with Gasteiger partial charge in [0, 0.05) is 11.8 Å². The molecule has 0 aromatic rings. The van der Waals surface area contributed by atoms with Gasteiger partial charge >= 0.3 is 0 Å². The maximum atomic E-state index is 9.32. The van der Waals surface area contributed by atoms with Gasteiger partial charge in [-0.15, -0.1) is 0 Å². The third kappa shape index (κ3) is 5.70. The van der Waals surface area contributed by atoms with Gasteiger partial charge in [-0.25, -0.2) is 4.99 Å². The average molecular weight is 252 g/mol. The van der Waals surface area contributed by atoms with Crippen LogP contribution in [0.4, 0.5) is 0 Å². The number of hydrogen-bond donors (Lipinski definition) is 3. The van der Waals surface area contributed by atoms with Crippen molar-refractivity contribution in [1.29, 1.82) is 0 Å². The van der Waals surface area contributed by atoms with Crippen molar-refractivity contribution in [2.75, 3.05) is 6.67 Å². The Hall–Kier alpha value is -1.52. The number of nitrogens with one attached hydrogen (secondary N) is 2. The molecule has 1 aliphatic rings. The Balaban J connectivity index is 2.61. The molecule has 0 aromatic carbocycles. The number of nitrogens with zero attached hydrogens (tertiary/aromatic N) is 2. The van der Waals surface area contributed by atoms with E-state index in [1.54, 1.807) is 0 Å². The van der Waals surface area contributed by atoms with Crippen LogP contribution < -0.4 is 10.7 Å². The lowest BCUT2D eigenvalue weighted by molar-refractivity contribution is 0.364. The zero-order valence-electron chi connectivity index (χ0n) is 11.7. The van der Waals surface area contributed by atoms with Crippen molar-refractivity contribution in [3.8, 4) is 0 Å². The molecule has 18 heavy (non-hydrogen) atoms. The molecule has 1 rings (SSSR count). The van der Waals surface area contributed by atoms with E-state index in [2.05, 4.69) is 48.5 Å². The fourth-order valence-corrected chi connectivity index (χ4v) is 1.75. The highest BCUT2D eigenvalue weighted by molar-refractivity contribution is 5.95. The summed E-state index contributed by atoms with van der Waals surface area (Å²) in [6.45, 7) is 9.12. The highest BCUT2D eigenvalue weighted by atomic mass is 16.3. The van der Waals surface area contributed by atoms with Gasteiger partial charge in [0.15, 0.2) is 5.88 Å². The molecule has 0 saturated carbocycles. The Kier molecular flexibility index (Phi) is 5.68. The highest BCUT2D eigenvalue weighted by Crippen LogP contribution is 2.10. The van der Waals surface area contributed by atoms with Crippen LogP contribution in [0.3, 0.4) is 0 Å². The van der Waals surface area contributed by atoms with Gasteiger partial charge in [0.25, 0.3) is 0 Å². The summed E-state index contributed by atoms with van der Waals surface area (Å²) in [5.74, 6) is 1.89. The first-order valence-electron chi connectivity index (χ1n) is 6.47. The zero-order chi connectivity index (χ0) is 13.5. The Morgan fingerprint density at radius 2 is 2.00 bits per heavy atom. The Morgan fingerprint density at radius 3 is 2.50 bits per heavy atom. The molecule has 0 bridgehead atoms. The van der Waals surface area contributed by atoms with Crippen LogP contribution in [0.15, 0.2) is 22.1 Å². The summed E-state index contributed by atoms with van der Waals surface area (Å²) < 4.78 is 0. The van der Waals surface area contributed by atoms with E-state index in [1.807, 2.05) is 0 Å². The van der Waals surface area contributed by atoms with E-state index in [4.69, 9.17) is 0 Å². The second kappa shape index (κ2) is 7.03. The van der Waals surface area contributed by atoms with Crippen LogP contribution in [-0.2, 0) is 0 Å². The van der Waals surface area contributed by atoms with Gasteiger partial charge in [-0.1, -0.05) is 27.7 Å². The van der Waals surface area contributed by atoms with Crippen LogP contribution in [0.1, 0.15) is 40.5 Å². The van der Waals surface area contributed by atoms with Crippen molar-refractivity contribution in [2.45, 2.75) is 40.5 Å². The SMILES string of the molecule is CC(C)CC(CC(C)C)=NNC1=NCNC(O)=C1. The number of aliphatic hydroxyl groups excluding tert-OH is 1. The van der Waals surface area contributed by atoms with Crippen molar-refractivity contribution in [2.24, 2.45) is 21.9 Å². The van der Waals surface area contributed by atoms with Crippen LogP contribution in [0.2, 0.25) is 0 Å². The van der Waals surface area contributed by atoms with Crippen LogP contribution in [0.5, 0.6) is 0 Å². The Labute approximate surface area is 109 Å². The summed E-state index contributed by atoms with van der Waals surface area (Å²) in [7, 11) is 0. The molecule has 0 spiro atoms. The number of rotatable bonds is 5. The summed E-state index contributed by atoms with van der Waals surface area (Å²) in [5, 5.41) is 16.4. The van der Waals surface area contributed by atoms with Crippen LogP contribution in [0.25, 0.3) is 0 Å². The molecule has 5 heteroatoms. The monoisotopic (exact) mass is 252 g/mol. The van der Waals surface area contributed by atoms with Gasteiger partial charge in [-0.05, 0) is 24.7 Å². The summed E-state index contributed by atoms with van der Waals surface area (Å²) >= 11 is 0. The molecule has 0 aliphatic carbocycles. The Morgan fingerprint density at radius 1 is 1.39 bits per heavy atom. The van der Waals surface area contributed by atoms with Crippen LogP contribution in [-0.4, -0.2) is 23.3 Å². The minimum atomic E-state index is 0.122. The van der Waals surface area contributed by atoms with Crippen molar-refractivity contribution < 1.29 is 5.11 Å². The van der Waals surface area contributed by atoms with E-state index in [1.165, 1.54) is 6.08 Å². The van der Waals surface area contributed by atoms with E-state index in [9.17, 15) is 5.11 Å². The van der Waals surface area contributed by atoms with Crippen LogP contribution >= 0.6 is 0 Å². The first-order chi connectivity index (χ1) is 8.47. The molecule has 3 N–H and O–H groups in total. The summed E-state index contributed by atoms with van der Waals surface area (Å²) in [6, 6.07) is 0. The average Bonchev–Trinajstić information content (AvgIpc) is 2.24. The molecular weight excluding hydrogens is 228 g/mol. The molecule has 0 radical (unpaired) electrons. The van der Waals surface area contributed by atoms with Gasteiger partial charge in [-0.3, -0.25) is 5.43 Å². The fraction of sp³-hybridized carbons (Fsp3) is 0.692. The molecule has 5 nitrogen and oxygen atoms in total. The molecule has 1 aliphatic heterocycles. The number of hydrogen-bond acceptors (Lipinski definition) is 5. The lowest BCUT2D eigenvalue weighted by Gasteiger charge is -2.14. The lowest BCUT2D eigenvalue weighted by atomic mass is 9.99. The minimum absolute atomic E-state index is 0.122. The first-order valence-corrected chi connectivity index (χ1v) is 6.47. The Bertz CT molecular complexity index is 344. The van der Waals surface area contributed by atoms with Crippen molar-refractivity contribution >= 4 is 11.5 Å². The number of aliphatic imine (C=N–C) groups is 1. The summed E-state index contributed by atoms with van der Waals surface area (Å²) in [4.78, 5) is 4.16. The van der Waals surface area contributed by atoms with E-state index in [0.717, 1.165) is 18.6 Å². The third-order valence-electron chi connectivity index (χ3n) is 2.40. The van der Waals surface area contributed by atoms with E-state index >= 15 is 0 Å². The molecule has 1 heterocycles. The summed E-state index contributed by atoms with van der Waals surface area (Å²) in [6.07, 6.45) is 3.49. The predicted octanol–water partition coefficient (Wildman–Crippen LogP) is 2.38. The number of amidine groups is 1. The molecule has 0 saturated heterocycles. The largest absolute Gasteiger partial charge is 0.495 e. The molecule has 102 valence electrons. The topological polar surface area (TPSA) is 69.0 Å².